The Kier molecular flexibility index (Phi) is 3.52. The second kappa shape index (κ2) is 5.63. The summed E-state index contributed by atoms with van der Waals surface area (Å²) in [6.45, 7) is 1.68. The van der Waals surface area contributed by atoms with Crippen LogP contribution in [0, 0.1) is 6.92 Å². The largest absolute Gasteiger partial charge is 0.360 e. The summed E-state index contributed by atoms with van der Waals surface area (Å²) < 4.78 is 30.6. The standard InChI is InChI=1S/C18H12N2O5S/c1-10-8-16(20-25-10)19-18(22)11-6-7-13-15(9-11)26(23,24)14-5-3-2-4-12(14)17(13)21/h2-9H,1H3,(H,19,20,22). The van der Waals surface area contributed by atoms with Crippen molar-refractivity contribution in [1.82, 2.24) is 5.16 Å². The zero-order valence-corrected chi connectivity index (χ0v) is 14.3. The molecule has 0 saturated heterocycles. The van der Waals surface area contributed by atoms with Gasteiger partial charge in [0.2, 0.25) is 9.84 Å². The number of amides is 1. The first-order chi connectivity index (χ1) is 12.4. The van der Waals surface area contributed by atoms with Crippen molar-refractivity contribution in [2.24, 2.45) is 0 Å². The number of aryl methyl sites for hydroxylation is 1. The van der Waals surface area contributed by atoms with E-state index >= 15 is 0 Å². The molecule has 7 nitrogen and oxygen atoms in total. The van der Waals surface area contributed by atoms with Crippen LogP contribution < -0.4 is 5.32 Å². The van der Waals surface area contributed by atoms with E-state index in [2.05, 4.69) is 10.5 Å². The van der Waals surface area contributed by atoms with Gasteiger partial charge in [-0.25, -0.2) is 8.42 Å². The third-order valence-electron chi connectivity index (χ3n) is 4.07. The van der Waals surface area contributed by atoms with E-state index in [4.69, 9.17) is 4.52 Å². The number of hydrogen-bond acceptors (Lipinski definition) is 6. The average Bonchev–Trinajstić information content (AvgIpc) is 3.04. The summed E-state index contributed by atoms with van der Waals surface area (Å²) in [5.41, 5.74) is 0.285. The van der Waals surface area contributed by atoms with Crippen LogP contribution in [0.25, 0.3) is 0 Å². The van der Waals surface area contributed by atoms with Gasteiger partial charge in [-0.1, -0.05) is 17.3 Å². The van der Waals surface area contributed by atoms with E-state index in [0.29, 0.717) is 5.76 Å². The number of benzene rings is 2. The van der Waals surface area contributed by atoms with Crippen LogP contribution in [0.4, 0.5) is 5.82 Å². The summed E-state index contributed by atoms with van der Waals surface area (Å²) in [4.78, 5) is 24.7. The van der Waals surface area contributed by atoms with Gasteiger partial charge < -0.3 is 9.84 Å². The molecule has 1 amide bonds. The molecule has 0 aliphatic carbocycles. The van der Waals surface area contributed by atoms with Gasteiger partial charge in [0.15, 0.2) is 11.6 Å². The first kappa shape index (κ1) is 16.2. The van der Waals surface area contributed by atoms with Crippen molar-refractivity contribution >= 4 is 27.3 Å². The Balaban J connectivity index is 1.78. The van der Waals surface area contributed by atoms with Crippen LogP contribution in [0.1, 0.15) is 32.0 Å². The van der Waals surface area contributed by atoms with Gasteiger partial charge in [-0.2, -0.15) is 0 Å². The number of fused-ring (bicyclic) bond motifs is 2. The van der Waals surface area contributed by atoms with E-state index in [1.165, 1.54) is 36.4 Å². The molecule has 26 heavy (non-hydrogen) atoms. The van der Waals surface area contributed by atoms with Gasteiger partial charge in [-0.05, 0) is 37.3 Å². The minimum Gasteiger partial charge on any atom is -0.360 e. The van der Waals surface area contributed by atoms with Crippen LogP contribution in [0.2, 0.25) is 0 Å². The lowest BCUT2D eigenvalue weighted by Gasteiger charge is -2.19. The predicted molar refractivity (Wildman–Crippen MR) is 91.0 cm³/mol. The van der Waals surface area contributed by atoms with E-state index in [1.54, 1.807) is 19.1 Å². The number of carbonyl (C=O) groups is 2. The van der Waals surface area contributed by atoms with Gasteiger partial charge in [0.1, 0.15) is 5.76 Å². The molecule has 4 rings (SSSR count). The third kappa shape index (κ3) is 2.42. The molecule has 3 aromatic rings. The van der Waals surface area contributed by atoms with Crippen molar-refractivity contribution < 1.29 is 22.5 Å². The molecule has 0 radical (unpaired) electrons. The summed E-state index contributed by atoms with van der Waals surface area (Å²) in [5, 5.41) is 6.18. The summed E-state index contributed by atoms with van der Waals surface area (Å²) in [7, 11) is -3.89. The first-order valence-electron chi connectivity index (χ1n) is 7.65. The Labute approximate surface area is 148 Å². The molecule has 1 aliphatic heterocycles. The van der Waals surface area contributed by atoms with Gasteiger partial charge in [0.25, 0.3) is 5.91 Å². The minimum absolute atomic E-state index is 0.0533. The quantitative estimate of drug-likeness (QED) is 0.583. The Hall–Kier alpha value is -3.26. The molecule has 0 bridgehead atoms. The lowest BCUT2D eigenvalue weighted by molar-refractivity contribution is 0.101. The van der Waals surface area contributed by atoms with Crippen LogP contribution in [-0.4, -0.2) is 25.3 Å². The van der Waals surface area contributed by atoms with Crippen LogP contribution in [0.5, 0.6) is 0 Å². The molecule has 130 valence electrons. The highest BCUT2D eigenvalue weighted by molar-refractivity contribution is 7.91. The molecule has 1 aliphatic rings. The molecule has 0 atom stereocenters. The van der Waals surface area contributed by atoms with E-state index in [1.807, 2.05) is 0 Å². The molecule has 8 heteroatoms. The average molecular weight is 368 g/mol. The van der Waals surface area contributed by atoms with Crippen molar-refractivity contribution in [3.8, 4) is 0 Å². The van der Waals surface area contributed by atoms with Gasteiger partial charge in [-0.15, -0.1) is 0 Å². The summed E-state index contributed by atoms with van der Waals surface area (Å²) >= 11 is 0. The number of nitrogens with zero attached hydrogens (tertiary/aromatic N) is 1. The molecular formula is C18H12N2O5S. The van der Waals surface area contributed by atoms with Crippen molar-refractivity contribution in [1.29, 1.82) is 0 Å². The molecule has 2 aromatic carbocycles. The minimum atomic E-state index is -3.89. The Morgan fingerprint density at radius 3 is 2.50 bits per heavy atom. The van der Waals surface area contributed by atoms with E-state index in [0.717, 1.165) is 0 Å². The molecule has 0 spiro atoms. The zero-order chi connectivity index (χ0) is 18.5. The molecule has 2 heterocycles. The molecule has 0 saturated carbocycles. The molecular weight excluding hydrogens is 356 g/mol. The fourth-order valence-electron chi connectivity index (χ4n) is 2.84. The molecule has 0 fully saturated rings. The SMILES string of the molecule is Cc1cc(NC(=O)c2ccc3c(c2)S(=O)(=O)c2ccccc2C3=O)no1. The Morgan fingerprint density at radius 1 is 1.04 bits per heavy atom. The zero-order valence-electron chi connectivity index (χ0n) is 13.5. The van der Waals surface area contributed by atoms with Gasteiger partial charge in [0, 0.05) is 22.8 Å². The van der Waals surface area contributed by atoms with E-state index in [-0.39, 0.29) is 38.1 Å². The smallest absolute Gasteiger partial charge is 0.256 e. The second-order valence-corrected chi connectivity index (χ2v) is 7.70. The number of sulfone groups is 1. The maximum Gasteiger partial charge on any atom is 0.256 e. The molecule has 1 aromatic heterocycles. The number of ketones is 1. The van der Waals surface area contributed by atoms with Crippen molar-refractivity contribution in [2.75, 3.05) is 5.32 Å². The summed E-state index contributed by atoms with van der Waals surface area (Å²) in [6, 6.07) is 11.5. The number of carbonyl (C=O) groups excluding carboxylic acids is 2. The fraction of sp³-hybridized carbons (Fsp3) is 0.0556. The fourth-order valence-corrected chi connectivity index (χ4v) is 4.52. The van der Waals surface area contributed by atoms with Crippen LogP contribution >= 0.6 is 0 Å². The first-order valence-corrected chi connectivity index (χ1v) is 9.14. The number of rotatable bonds is 2. The van der Waals surface area contributed by atoms with Crippen LogP contribution in [-0.2, 0) is 9.84 Å². The van der Waals surface area contributed by atoms with Crippen molar-refractivity contribution in [2.45, 2.75) is 16.7 Å². The third-order valence-corrected chi connectivity index (χ3v) is 5.92. The van der Waals surface area contributed by atoms with Crippen molar-refractivity contribution in [3.05, 3.63) is 71.0 Å². The Bertz CT molecular complexity index is 1180. The van der Waals surface area contributed by atoms with Gasteiger partial charge in [-0.3, -0.25) is 9.59 Å². The van der Waals surface area contributed by atoms with E-state index in [9.17, 15) is 18.0 Å². The topological polar surface area (TPSA) is 106 Å². The van der Waals surface area contributed by atoms with Crippen LogP contribution in [0.3, 0.4) is 0 Å². The number of aromatic nitrogens is 1. The summed E-state index contributed by atoms with van der Waals surface area (Å²) in [5.74, 6) is -0.197. The number of anilines is 1. The number of hydrogen-bond donors (Lipinski definition) is 1. The summed E-state index contributed by atoms with van der Waals surface area (Å²) in [6.07, 6.45) is 0. The maximum absolute atomic E-state index is 12.9. The normalized spacial score (nSPS) is 14.4. The van der Waals surface area contributed by atoms with Gasteiger partial charge >= 0.3 is 0 Å². The number of nitrogens with one attached hydrogen (secondary N) is 1. The highest BCUT2D eigenvalue weighted by Gasteiger charge is 2.35. The lowest BCUT2D eigenvalue weighted by Crippen LogP contribution is -2.21. The predicted octanol–water partition coefficient (Wildman–Crippen LogP) is 2.61. The lowest BCUT2D eigenvalue weighted by atomic mass is 10.0. The van der Waals surface area contributed by atoms with Crippen molar-refractivity contribution in [3.63, 3.8) is 0 Å². The second-order valence-electron chi connectivity index (χ2n) is 5.82. The van der Waals surface area contributed by atoms with E-state index < -0.39 is 15.7 Å². The van der Waals surface area contributed by atoms with Crippen LogP contribution in [0.15, 0.2) is 62.8 Å². The highest BCUT2D eigenvalue weighted by atomic mass is 32.2. The highest BCUT2D eigenvalue weighted by Crippen LogP contribution is 2.34. The van der Waals surface area contributed by atoms with Gasteiger partial charge in [0.05, 0.1) is 9.79 Å². The Morgan fingerprint density at radius 2 is 1.77 bits per heavy atom. The maximum atomic E-state index is 12.9. The molecule has 1 N–H and O–H groups in total. The molecule has 0 unspecified atom stereocenters. The monoisotopic (exact) mass is 368 g/mol.